The summed E-state index contributed by atoms with van der Waals surface area (Å²) in [5.41, 5.74) is 0.299. The van der Waals surface area contributed by atoms with E-state index in [1.54, 1.807) is 6.20 Å². The van der Waals surface area contributed by atoms with Crippen LogP contribution in [0.1, 0.15) is 47.1 Å². The van der Waals surface area contributed by atoms with Crippen molar-refractivity contribution in [2.45, 2.75) is 52.6 Å². The van der Waals surface area contributed by atoms with E-state index >= 15 is 0 Å². The zero-order chi connectivity index (χ0) is 10.9. The summed E-state index contributed by atoms with van der Waals surface area (Å²) in [6.07, 6.45) is 6.09. The SMILES string of the molecule is C.CC(C)(C)N1CCC(n2ccnn2)CC1. The van der Waals surface area contributed by atoms with E-state index in [2.05, 4.69) is 36.0 Å². The molecule has 0 amide bonds. The fourth-order valence-electron chi connectivity index (χ4n) is 2.21. The van der Waals surface area contributed by atoms with Crippen molar-refractivity contribution < 1.29 is 0 Å². The molecule has 1 saturated heterocycles. The van der Waals surface area contributed by atoms with Gasteiger partial charge in [-0.3, -0.25) is 4.90 Å². The molecule has 0 saturated carbocycles. The van der Waals surface area contributed by atoms with Crippen molar-refractivity contribution in [2.24, 2.45) is 0 Å². The van der Waals surface area contributed by atoms with Crippen LogP contribution < -0.4 is 0 Å². The zero-order valence-corrected chi connectivity index (χ0v) is 9.85. The van der Waals surface area contributed by atoms with Gasteiger partial charge in [-0.2, -0.15) is 0 Å². The maximum absolute atomic E-state index is 4.08. The van der Waals surface area contributed by atoms with Gasteiger partial charge in [0.2, 0.25) is 0 Å². The average molecular weight is 224 g/mol. The van der Waals surface area contributed by atoms with Crippen LogP contribution in [0.25, 0.3) is 0 Å². The summed E-state index contributed by atoms with van der Waals surface area (Å²) < 4.78 is 2.00. The number of hydrogen-bond donors (Lipinski definition) is 0. The second-order valence-electron chi connectivity index (χ2n) is 5.27. The van der Waals surface area contributed by atoms with Crippen LogP contribution in [0.3, 0.4) is 0 Å². The van der Waals surface area contributed by atoms with Crippen molar-refractivity contribution >= 4 is 0 Å². The molecule has 4 heteroatoms. The first-order chi connectivity index (χ1) is 7.07. The molecule has 0 N–H and O–H groups in total. The smallest absolute Gasteiger partial charge is 0.0693 e. The number of hydrogen-bond acceptors (Lipinski definition) is 3. The van der Waals surface area contributed by atoms with Gasteiger partial charge in [0.05, 0.1) is 12.2 Å². The Kier molecular flexibility index (Phi) is 4.08. The highest BCUT2D eigenvalue weighted by molar-refractivity contribution is 4.84. The van der Waals surface area contributed by atoms with Crippen molar-refractivity contribution in [1.29, 1.82) is 0 Å². The Balaban J connectivity index is 0.00000128. The van der Waals surface area contributed by atoms with E-state index < -0.39 is 0 Å². The molecule has 1 aromatic rings. The standard InChI is InChI=1S/C11H20N4.CH4/c1-11(2,3)14-7-4-10(5-8-14)15-9-6-12-13-15;/h6,9-10H,4-5,7-8H2,1-3H3;1H4. The minimum absolute atomic E-state index is 0. The van der Waals surface area contributed by atoms with Gasteiger partial charge in [0, 0.05) is 24.8 Å². The quantitative estimate of drug-likeness (QED) is 0.734. The molecule has 0 bridgehead atoms. The molecule has 0 atom stereocenters. The van der Waals surface area contributed by atoms with E-state index in [1.807, 2.05) is 10.9 Å². The van der Waals surface area contributed by atoms with Crippen LogP contribution in [0.2, 0.25) is 0 Å². The lowest BCUT2D eigenvalue weighted by Crippen LogP contribution is -2.46. The summed E-state index contributed by atoms with van der Waals surface area (Å²) >= 11 is 0. The van der Waals surface area contributed by atoms with Crippen LogP contribution in [0.15, 0.2) is 12.4 Å². The van der Waals surface area contributed by atoms with Gasteiger partial charge in [-0.25, -0.2) is 4.68 Å². The van der Waals surface area contributed by atoms with E-state index in [-0.39, 0.29) is 7.43 Å². The highest BCUT2D eigenvalue weighted by Gasteiger charge is 2.27. The summed E-state index contributed by atoms with van der Waals surface area (Å²) in [6, 6.07) is 0.547. The highest BCUT2D eigenvalue weighted by atomic mass is 15.4. The largest absolute Gasteiger partial charge is 0.298 e. The van der Waals surface area contributed by atoms with Crippen molar-refractivity contribution in [3.05, 3.63) is 12.4 Å². The number of aromatic nitrogens is 3. The molecule has 1 aromatic heterocycles. The molecule has 0 aromatic carbocycles. The predicted octanol–water partition coefficient (Wildman–Crippen LogP) is 2.35. The van der Waals surface area contributed by atoms with Crippen molar-refractivity contribution in [3.8, 4) is 0 Å². The molecule has 0 aliphatic carbocycles. The Morgan fingerprint density at radius 2 is 1.81 bits per heavy atom. The minimum Gasteiger partial charge on any atom is -0.298 e. The maximum Gasteiger partial charge on any atom is 0.0693 e. The number of likely N-dealkylation sites (tertiary alicyclic amines) is 1. The first kappa shape index (κ1) is 13.2. The zero-order valence-electron chi connectivity index (χ0n) is 9.85. The summed E-state index contributed by atoms with van der Waals surface area (Å²) in [4.78, 5) is 2.54. The van der Waals surface area contributed by atoms with Gasteiger partial charge in [-0.05, 0) is 33.6 Å². The van der Waals surface area contributed by atoms with E-state index in [1.165, 1.54) is 12.8 Å². The predicted molar refractivity (Wildman–Crippen MR) is 66.4 cm³/mol. The van der Waals surface area contributed by atoms with Gasteiger partial charge in [0.15, 0.2) is 0 Å². The summed E-state index contributed by atoms with van der Waals surface area (Å²) in [5.74, 6) is 0. The Labute approximate surface area is 98.6 Å². The summed E-state index contributed by atoms with van der Waals surface area (Å²) in [6.45, 7) is 9.16. The highest BCUT2D eigenvalue weighted by Crippen LogP contribution is 2.25. The Bertz CT molecular complexity index is 291. The first-order valence-corrected chi connectivity index (χ1v) is 5.68. The summed E-state index contributed by atoms with van der Waals surface area (Å²) in [7, 11) is 0. The third kappa shape index (κ3) is 2.82. The normalized spacial score (nSPS) is 19.4. The first-order valence-electron chi connectivity index (χ1n) is 5.68. The van der Waals surface area contributed by atoms with Gasteiger partial charge in [-0.1, -0.05) is 12.6 Å². The van der Waals surface area contributed by atoms with Crippen LogP contribution >= 0.6 is 0 Å². The fraction of sp³-hybridized carbons (Fsp3) is 0.833. The lowest BCUT2D eigenvalue weighted by molar-refractivity contribution is 0.0866. The van der Waals surface area contributed by atoms with E-state index in [9.17, 15) is 0 Å². The number of nitrogens with zero attached hydrogens (tertiary/aromatic N) is 4. The molecule has 0 spiro atoms. The molecular formula is C12H24N4. The van der Waals surface area contributed by atoms with Crippen LogP contribution in [0.5, 0.6) is 0 Å². The molecule has 16 heavy (non-hydrogen) atoms. The lowest BCUT2D eigenvalue weighted by atomic mass is 9.98. The summed E-state index contributed by atoms with van der Waals surface area (Å²) in [5, 5.41) is 7.94. The number of piperidine rings is 1. The molecule has 4 nitrogen and oxygen atoms in total. The average Bonchev–Trinajstić information content (AvgIpc) is 2.69. The van der Waals surface area contributed by atoms with Gasteiger partial charge < -0.3 is 0 Å². The molecule has 1 fully saturated rings. The van der Waals surface area contributed by atoms with Crippen LogP contribution in [-0.4, -0.2) is 38.5 Å². The van der Waals surface area contributed by atoms with Gasteiger partial charge in [0.1, 0.15) is 0 Å². The van der Waals surface area contributed by atoms with Crippen molar-refractivity contribution in [2.75, 3.05) is 13.1 Å². The topological polar surface area (TPSA) is 34.0 Å². The molecule has 1 aliphatic heterocycles. The monoisotopic (exact) mass is 224 g/mol. The van der Waals surface area contributed by atoms with Gasteiger partial charge in [-0.15, -0.1) is 5.10 Å². The molecular weight excluding hydrogens is 200 g/mol. The second-order valence-corrected chi connectivity index (χ2v) is 5.27. The Hall–Kier alpha value is -0.900. The molecule has 1 aliphatic rings. The fourth-order valence-corrected chi connectivity index (χ4v) is 2.21. The Morgan fingerprint density at radius 3 is 2.25 bits per heavy atom. The molecule has 0 radical (unpaired) electrons. The lowest BCUT2D eigenvalue weighted by Gasteiger charge is -2.40. The maximum atomic E-state index is 4.08. The van der Waals surface area contributed by atoms with E-state index in [4.69, 9.17) is 0 Å². The minimum atomic E-state index is 0. The molecule has 2 rings (SSSR count). The van der Waals surface area contributed by atoms with Gasteiger partial charge in [0.25, 0.3) is 0 Å². The van der Waals surface area contributed by atoms with Gasteiger partial charge >= 0.3 is 0 Å². The van der Waals surface area contributed by atoms with Crippen LogP contribution in [-0.2, 0) is 0 Å². The van der Waals surface area contributed by atoms with E-state index in [0.717, 1.165) is 13.1 Å². The Morgan fingerprint density at radius 1 is 1.19 bits per heavy atom. The van der Waals surface area contributed by atoms with Crippen LogP contribution in [0.4, 0.5) is 0 Å². The van der Waals surface area contributed by atoms with Crippen LogP contribution in [0, 0.1) is 0 Å². The molecule has 92 valence electrons. The van der Waals surface area contributed by atoms with Crippen molar-refractivity contribution in [3.63, 3.8) is 0 Å². The molecule has 0 unspecified atom stereocenters. The third-order valence-electron chi connectivity index (χ3n) is 3.23. The second kappa shape index (κ2) is 4.95. The van der Waals surface area contributed by atoms with E-state index in [0.29, 0.717) is 11.6 Å². The third-order valence-corrected chi connectivity index (χ3v) is 3.23. The van der Waals surface area contributed by atoms with Crippen molar-refractivity contribution in [1.82, 2.24) is 19.9 Å². The molecule has 2 heterocycles. The number of rotatable bonds is 1.